The third kappa shape index (κ3) is 6.25. The number of allylic oxidation sites excluding steroid dienone is 2. The molecule has 7 heteroatoms. The van der Waals surface area contributed by atoms with E-state index in [1.165, 1.54) is 21.9 Å². The normalized spacial score (nSPS) is 15.0. The molecule has 4 aromatic carbocycles. The lowest BCUT2D eigenvalue weighted by Gasteiger charge is -2.21. The molecular weight excluding hydrogens is 554 g/mol. The zero-order valence-electron chi connectivity index (χ0n) is 25.2. The maximum Gasteiger partial charge on any atom is 0.237 e. The van der Waals surface area contributed by atoms with E-state index >= 15 is 0 Å². The minimum Gasteiger partial charge on any atom is -0.506 e. The van der Waals surface area contributed by atoms with Crippen molar-refractivity contribution >= 4 is 57.2 Å². The van der Waals surface area contributed by atoms with Crippen molar-refractivity contribution < 1.29 is 10.1 Å². The molecule has 0 atom stereocenters. The number of fused-ring (bicyclic) bond motifs is 2. The van der Waals surface area contributed by atoms with Crippen LogP contribution in [-0.4, -0.2) is 35.3 Å². The highest BCUT2D eigenvalue weighted by atomic mass is 35.5. The summed E-state index contributed by atoms with van der Waals surface area (Å²) >= 11 is 6.37. The Labute approximate surface area is 257 Å². The van der Waals surface area contributed by atoms with Gasteiger partial charge < -0.3 is 15.7 Å². The van der Waals surface area contributed by atoms with Gasteiger partial charge in [0, 0.05) is 23.5 Å². The van der Waals surface area contributed by atoms with Gasteiger partial charge in [-0.05, 0) is 108 Å². The van der Waals surface area contributed by atoms with Gasteiger partial charge in [-0.1, -0.05) is 60.7 Å². The van der Waals surface area contributed by atoms with Crippen molar-refractivity contribution in [2.45, 2.75) is 34.6 Å². The monoisotopic (exact) mass is 590 g/mol. The van der Waals surface area contributed by atoms with E-state index in [1.54, 1.807) is 0 Å². The summed E-state index contributed by atoms with van der Waals surface area (Å²) in [5, 5.41) is 15.9. The standard InChI is InChI=1S/C36H36ClN5O/c1-6-42(28-12-8-7-9-13-28)36(38)41-35(37)40-21-39-32-18-22(2)17-27-19-24(4)31(34(43)33(27)32)20-26-15-16-29-23(3)11-10-14-30(29)25(26)5/h7-20,43H,6,21H2,1-5H3,(H2,38,40,41)/p+1. The quantitative estimate of drug-likeness (QED) is 0.184. The van der Waals surface area contributed by atoms with Crippen molar-refractivity contribution in [3.63, 3.8) is 0 Å². The molecule has 0 aromatic heterocycles. The first kappa shape index (κ1) is 29.8. The lowest BCUT2D eigenvalue weighted by Crippen LogP contribution is -2.73. The Morgan fingerprint density at radius 1 is 0.953 bits per heavy atom. The average Bonchev–Trinajstić information content (AvgIpc) is 2.97. The molecular formula is C36H37ClN5O+. The van der Waals surface area contributed by atoms with Crippen LogP contribution < -0.4 is 26.1 Å². The van der Waals surface area contributed by atoms with Crippen molar-refractivity contribution in [1.82, 2.24) is 0 Å². The van der Waals surface area contributed by atoms with E-state index in [4.69, 9.17) is 17.3 Å². The second kappa shape index (κ2) is 12.7. The summed E-state index contributed by atoms with van der Waals surface area (Å²) in [6.07, 6.45) is 6.15. The van der Waals surface area contributed by atoms with E-state index in [1.807, 2.05) is 62.1 Å². The largest absolute Gasteiger partial charge is 0.506 e. The number of rotatable bonds is 5. The van der Waals surface area contributed by atoms with Gasteiger partial charge in [-0.3, -0.25) is 0 Å². The Kier molecular flexibility index (Phi) is 8.78. The topological polar surface area (TPSA) is 88.2 Å². The van der Waals surface area contributed by atoms with Crippen LogP contribution in [-0.2, 0) is 0 Å². The second-order valence-electron chi connectivity index (χ2n) is 10.8. The Morgan fingerprint density at radius 2 is 1.72 bits per heavy atom. The number of benzene rings is 4. The first-order valence-corrected chi connectivity index (χ1v) is 14.8. The van der Waals surface area contributed by atoms with Crippen LogP contribution in [0.1, 0.15) is 41.7 Å². The van der Waals surface area contributed by atoms with Gasteiger partial charge in [-0.2, -0.15) is 9.98 Å². The van der Waals surface area contributed by atoms with Gasteiger partial charge in [0.2, 0.25) is 23.6 Å². The summed E-state index contributed by atoms with van der Waals surface area (Å²) in [6, 6.07) is 22.5. The molecule has 4 N–H and O–H groups in total. The lowest BCUT2D eigenvalue weighted by molar-refractivity contribution is -0.453. The number of nitrogens with two attached hydrogens (primary N) is 1. The summed E-state index contributed by atoms with van der Waals surface area (Å²) < 4.78 is 0. The predicted octanol–water partition coefficient (Wildman–Crippen LogP) is 4.30. The highest BCUT2D eigenvalue weighted by molar-refractivity contribution is 6.65. The fraction of sp³-hybridized carbons (Fsp3) is 0.194. The van der Waals surface area contributed by atoms with Crippen LogP contribution in [0.5, 0.6) is 5.75 Å². The van der Waals surface area contributed by atoms with Crippen molar-refractivity contribution in [3.05, 3.63) is 117 Å². The van der Waals surface area contributed by atoms with Crippen molar-refractivity contribution in [1.29, 1.82) is 0 Å². The fourth-order valence-corrected chi connectivity index (χ4v) is 5.75. The molecule has 6 nitrogen and oxygen atoms in total. The summed E-state index contributed by atoms with van der Waals surface area (Å²) in [4.78, 5) is 13.9. The van der Waals surface area contributed by atoms with E-state index in [9.17, 15) is 5.11 Å². The van der Waals surface area contributed by atoms with Gasteiger partial charge in [-0.25, -0.2) is 4.99 Å². The van der Waals surface area contributed by atoms with Gasteiger partial charge in [0.25, 0.3) is 0 Å². The second-order valence-corrected chi connectivity index (χ2v) is 11.1. The maximum atomic E-state index is 11.7. The number of hydrogen-bond donors (Lipinski definition) is 3. The molecule has 0 saturated heterocycles. The lowest BCUT2D eigenvalue weighted by atomic mass is 9.92. The minimum absolute atomic E-state index is 0.0347. The average molecular weight is 591 g/mol. The molecule has 0 fully saturated rings. The van der Waals surface area contributed by atoms with Crippen LogP contribution in [0.15, 0.2) is 88.4 Å². The summed E-state index contributed by atoms with van der Waals surface area (Å²) in [7, 11) is 0. The summed E-state index contributed by atoms with van der Waals surface area (Å²) in [6.45, 7) is 11.1. The van der Waals surface area contributed by atoms with Gasteiger partial charge in [0.05, 0.1) is 5.56 Å². The van der Waals surface area contributed by atoms with Crippen LogP contribution in [0.4, 0.5) is 5.69 Å². The molecule has 218 valence electrons. The zero-order valence-corrected chi connectivity index (χ0v) is 26.0. The van der Waals surface area contributed by atoms with Crippen molar-refractivity contribution in [2.75, 3.05) is 18.1 Å². The number of nitrogens with one attached hydrogen (secondary N) is 1. The van der Waals surface area contributed by atoms with Crippen LogP contribution in [0.3, 0.4) is 0 Å². The number of hydrogen-bond acceptors (Lipinski definition) is 2. The zero-order chi connectivity index (χ0) is 30.7. The molecule has 1 aliphatic rings. The third-order valence-corrected chi connectivity index (χ3v) is 8.04. The van der Waals surface area contributed by atoms with E-state index in [-0.39, 0.29) is 23.7 Å². The molecule has 5 rings (SSSR count). The fourth-order valence-electron chi connectivity index (χ4n) is 5.61. The van der Waals surface area contributed by atoms with E-state index in [2.05, 4.69) is 77.4 Å². The number of guanidine groups is 1. The number of amidine groups is 1. The first-order chi connectivity index (χ1) is 20.7. The SMILES string of the molecule is CCN(C(N)=NC(Cl)=NC[NH+]=C1C=C(C)C=c2cc(C)c(=Cc3ccc4c(C)cccc4c3C)c(O)c21)c1ccccc1. The number of phenolic OH excluding ortho intramolecular Hbond substituents is 1. The minimum atomic E-state index is 0.0347. The predicted molar refractivity (Wildman–Crippen MR) is 182 cm³/mol. The number of aromatic hydroxyl groups is 1. The summed E-state index contributed by atoms with van der Waals surface area (Å²) in [5.74, 6) is 0.482. The van der Waals surface area contributed by atoms with Gasteiger partial charge >= 0.3 is 0 Å². The number of nitrogens with zero attached hydrogens (tertiary/aromatic N) is 3. The van der Waals surface area contributed by atoms with Crippen LogP contribution in [0.2, 0.25) is 0 Å². The molecule has 0 unspecified atom stereocenters. The molecule has 0 aliphatic heterocycles. The van der Waals surface area contributed by atoms with E-state index in [0.29, 0.717) is 6.54 Å². The number of aryl methyl sites for hydroxylation is 3. The number of phenols is 1. The number of halogens is 1. The number of anilines is 1. The molecule has 0 saturated carbocycles. The van der Waals surface area contributed by atoms with Crippen molar-refractivity contribution in [3.8, 4) is 5.75 Å². The van der Waals surface area contributed by atoms with Crippen LogP contribution in [0, 0.1) is 20.8 Å². The number of aliphatic imine (C=N–C) groups is 2. The van der Waals surface area contributed by atoms with E-state index in [0.717, 1.165) is 44.1 Å². The Bertz CT molecular complexity index is 1960. The molecule has 0 radical (unpaired) electrons. The van der Waals surface area contributed by atoms with Gasteiger partial charge in [0.15, 0.2) is 0 Å². The third-order valence-electron chi connectivity index (χ3n) is 7.84. The Balaban J connectivity index is 1.50. The summed E-state index contributed by atoms with van der Waals surface area (Å²) in [5.41, 5.74) is 14.2. The first-order valence-electron chi connectivity index (χ1n) is 14.4. The molecule has 43 heavy (non-hydrogen) atoms. The highest BCUT2D eigenvalue weighted by Crippen LogP contribution is 2.25. The number of para-hydroxylation sites is 1. The van der Waals surface area contributed by atoms with E-state index < -0.39 is 0 Å². The highest BCUT2D eigenvalue weighted by Gasteiger charge is 2.20. The smallest absolute Gasteiger partial charge is 0.237 e. The molecule has 0 heterocycles. The van der Waals surface area contributed by atoms with Crippen LogP contribution >= 0.6 is 11.6 Å². The molecule has 1 aliphatic carbocycles. The maximum absolute atomic E-state index is 11.7. The van der Waals surface area contributed by atoms with Crippen LogP contribution in [0.25, 0.3) is 22.9 Å². The molecule has 0 spiro atoms. The molecule has 0 amide bonds. The van der Waals surface area contributed by atoms with Crippen molar-refractivity contribution in [2.24, 2.45) is 15.7 Å². The molecule has 0 bridgehead atoms. The van der Waals surface area contributed by atoms with Gasteiger partial charge in [-0.15, -0.1) is 0 Å². The Hall–Kier alpha value is -4.68. The Morgan fingerprint density at radius 3 is 2.47 bits per heavy atom. The van der Waals surface area contributed by atoms with Gasteiger partial charge in [0.1, 0.15) is 5.75 Å². The molecule has 4 aromatic rings.